The van der Waals surface area contributed by atoms with Gasteiger partial charge in [-0.2, -0.15) is 0 Å². The molecule has 2 N–H and O–H groups in total. The predicted octanol–water partition coefficient (Wildman–Crippen LogP) is 6.28. The van der Waals surface area contributed by atoms with Gasteiger partial charge in [-0.25, -0.2) is 0 Å². The third-order valence-corrected chi connectivity index (χ3v) is 8.49. The van der Waals surface area contributed by atoms with Crippen LogP contribution < -0.4 is 0 Å². The average Bonchev–Trinajstić information content (AvgIpc) is 3.05. The third kappa shape index (κ3) is 5.87. The minimum atomic E-state index is -0.442. The lowest BCUT2D eigenvalue weighted by molar-refractivity contribution is -0.140. The second kappa shape index (κ2) is 11.9. The number of halogens is 1. The molecule has 0 amide bonds. The fourth-order valence-electron chi connectivity index (χ4n) is 6.08. The molecule has 0 aromatic heterocycles. The monoisotopic (exact) mass is 464 g/mol. The Balaban J connectivity index is 1.63. The molecule has 0 aliphatic heterocycles. The van der Waals surface area contributed by atoms with Gasteiger partial charge in [0.1, 0.15) is 0 Å². The van der Waals surface area contributed by atoms with Crippen molar-refractivity contribution in [2.75, 3.05) is 7.11 Å². The molecule has 0 saturated heterocycles. The zero-order valence-corrected chi connectivity index (χ0v) is 20.5. The van der Waals surface area contributed by atoms with Crippen molar-refractivity contribution in [3.05, 3.63) is 35.4 Å². The van der Waals surface area contributed by atoms with Gasteiger partial charge >= 0.3 is 5.97 Å². The lowest BCUT2D eigenvalue weighted by Crippen LogP contribution is -2.36. The first-order valence-corrected chi connectivity index (χ1v) is 13.0. The van der Waals surface area contributed by atoms with E-state index in [0.29, 0.717) is 12.8 Å². The minimum absolute atomic E-state index is 0.0169. The number of carbonyl (C=O) groups excluding carboxylic acids is 1. The first kappa shape index (κ1) is 25.5. The van der Waals surface area contributed by atoms with Crippen LogP contribution in [0.1, 0.15) is 107 Å². The number of hydrogen-bond donors (Lipinski definition) is 2. The van der Waals surface area contributed by atoms with E-state index in [9.17, 15) is 15.0 Å². The average molecular weight is 465 g/mol. The molecule has 2 fully saturated rings. The molecule has 2 saturated carbocycles. The van der Waals surface area contributed by atoms with E-state index in [1.807, 2.05) is 12.1 Å². The van der Waals surface area contributed by atoms with Gasteiger partial charge in [0.25, 0.3) is 0 Å². The molecule has 0 radical (unpaired) electrons. The van der Waals surface area contributed by atoms with Crippen LogP contribution in [0.5, 0.6) is 0 Å². The van der Waals surface area contributed by atoms with Crippen LogP contribution in [0.2, 0.25) is 0 Å². The largest absolute Gasteiger partial charge is 0.469 e. The molecule has 1 aromatic carbocycles. The number of hydrogen-bond acceptors (Lipinski definition) is 4. The van der Waals surface area contributed by atoms with Crippen molar-refractivity contribution in [2.24, 2.45) is 11.3 Å². The first-order valence-electron chi connectivity index (χ1n) is 12.6. The molecular weight excluding hydrogens is 424 g/mol. The van der Waals surface area contributed by atoms with Crippen LogP contribution in [0.25, 0.3) is 0 Å². The zero-order chi connectivity index (χ0) is 23.1. The molecule has 1 aromatic rings. The van der Waals surface area contributed by atoms with Gasteiger partial charge in [0.2, 0.25) is 0 Å². The van der Waals surface area contributed by atoms with Crippen LogP contribution in [0.4, 0.5) is 0 Å². The van der Waals surface area contributed by atoms with Crippen molar-refractivity contribution >= 4 is 17.6 Å². The standard InChI is InChI=1S/C27H41ClO4/c1-3-14-27(15-9-16-27)26(31)20-11-8-10-19(17-20)25-21(22(28)18-23(25)29)12-6-4-5-7-13-24(30)32-2/h8,10-11,17,21-23,25-26,29,31H,3-7,9,12-16,18H2,1-2H3. The van der Waals surface area contributed by atoms with Crippen LogP contribution in [-0.2, 0) is 9.53 Å². The molecule has 5 unspecified atom stereocenters. The van der Waals surface area contributed by atoms with E-state index < -0.39 is 12.2 Å². The number of rotatable bonds is 12. The summed E-state index contributed by atoms with van der Waals surface area (Å²) in [6.07, 6.45) is 10.7. The van der Waals surface area contributed by atoms with Gasteiger partial charge in [0, 0.05) is 23.1 Å². The highest BCUT2D eigenvalue weighted by Gasteiger charge is 2.44. The van der Waals surface area contributed by atoms with Gasteiger partial charge in [-0.15, -0.1) is 11.6 Å². The molecule has 5 atom stereocenters. The highest BCUT2D eigenvalue weighted by Crippen LogP contribution is 2.54. The fourth-order valence-corrected chi connectivity index (χ4v) is 6.54. The summed E-state index contributed by atoms with van der Waals surface area (Å²) in [5.74, 6) is 0.102. The summed E-state index contributed by atoms with van der Waals surface area (Å²) in [6.45, 7) is 2.19. The van der Waals surface area contributed by atoms with E-state index in [4.69, 9.17) is 16.3 Å². The summed E-state index contributed by atoms with van der Waals surface area (Å²) < 4.78 is 4.70. The number of aliphatic hydroxyl groups is 2. The molecule has 0 spiro atoms. The van der Waals surface area contributed by atoms with Crippen LogP contribution in [-0.4, -0.2) is 34.8 Å². The molecule has 32 heavy (non-hydrogen) atoms. The second-order valence-corrected chi connectivity index (χ2v) is 10.6. The molecule has 180 valence electrons. The van der Waals surface area contributed by atoms with Crippen molar-refractivity contribution in [2.45, 2.75) is 107 Å². The Morgan fingerprint density at radius 1 is 1.25 bits per heavy atom. The van der Waals surface area contributed by atoms with Crippen molar-refractivity contribution in [1.29, 1.82) is 0 Å². The Kier molecular flexibility index (Phi) is 9.45. The van der Waals surface area contributed by atoms with Gasteiger partial charge in [-0.3, -0.25) is 4.79 Å². The van der Waals surface area contributed by atoms with E-state index in [1.165, 1.54) is 13.5 Å². The second-order valence-electron chi connectivity index (χ2n) is 10.1. The van der Waals surface area contributed by atoms with Gasteiger partial charge in [-0.05, 0) is 55.6 Å². The summed E-state index contributed by atoms with van der Waals surface area (Å²) in [7, 11) is 1.43. The van der Waals surface area contributed by atoms with E-state index in [2.05, 4.69) is 19.1 Å². The number of esters is 1. The lowest BCUT2D eigenvalue weighted by Gasteiger charge is -2.46. The fraction of sp³-hybridized carbons (Fsp3) is 0.741. The van der Waals surface area contributed by atoms with Gasteiger partial charge in [0.05, 0.1) is 19.3 Å². The van der Waals surface area contributed by atoms with E-state index in [1.54, 1.807) is 0 Å². The maximum absolute atomic E-state index is 11.2. The Hall–Kier alpha value is -1.10. The highest BCUT2D eigenvalue weighted by molar-refractivity contribution is 6.21. The topological polar surface area (TPSA) is 66.8 Å². The van der Waals surface area contributed by atoms with Crippen molar-refractivity contribution in [3.8, 4) is 0 Å². The predicted molar refractivity (Wildman–Crippen MR) is 129 cm³/mol. The molecule has 5 heteroatoms. The van der Waals surface area contributed by atoms with Crippen LogP contribution in [0, 0.1) is 11.3 Å². The van der Waals surface area contributed by atoms with E-state index in [0.717, 1.165) is 68.9 Å². The molecule has 2 aliphatic rings. The van der Waals surface area contributed by atoms with E-state index in [-0.39, 0.29) is 28.6 Å². The van der Waals surface area contributed by atoms with Crippen LogP contribution >= 0.6 is 11.6 Å². The Morgan fingerprint density at radius 3 is 2.66 bits per heavy atom. The van der Waals surface area contributed by atoms with Gasteiger partial charge in [-0.1, -0.05) is 63.3 Å². The summed E-state index contributed by atoms with van der Waals surface area (Å²) in [4.78, 5) is 11.2. The minimum Gasteiger partial charge on any atom is -0.469 e. The summed E-state index contributed by atoms with van der Waals surface area (Å²) in [5, 5.41) is 22.0. The number of methoxy groups -OCH3 is 1. The van der Waals surface area contributed by atoms with Crippen LogP contribution in [0.3, 0.4) is 0 Å². The zero-order valence-electron chi connectivity index (χ0n) is 19.8. The number of benzene rings is 1. The van der Waals surface area contributed by atoms with Gasteiger partial charge < -0.3 is 14.9 Å². The molecular formula is C27H41ClO4. The molecule has 4 nitrogen and oxygen atoms in total. The first-order chi connectivity index (χ1) is 15.4. The van der Waals surface area contributed by atoms with Crippen LogP contribution in [0.15, 0.2) is 24.3 Å². The number of aliphatic hydroxyl groups excluding tert-OH is 2. The van der Waals surface area contributed by atoms with Crippen molar-refractivity contribution in [3.63, 3.8) is 0 Å². The van der Waals surface area contributed by atoms with Crippen molar-refractivity contribution < 1.29 is 19.7 Å². The Bertz CT molecular complexity index is 732. The number of unbranched alkanes of at least 4 members (excludes halogenated alkanes) is 3. The maximum atomic E-state index is 11.2. The Labute approximate surface area is 198 Å². The molecule has 0 heterocycles. The summed E-state index contributed by atoms with van der Waals surface area (Å²) in [6, 6.07) is 8.30. The lowest BCUT2D eigenvalue weighted by atomic mass is 9.61. The third-order valence-electron chi connectivity index (χ3n) is 7.99. The summed E-state index contributed by atoms with van der Waals surface area (Å²) >= 11 is 6.70. The van der Waals surface area contributed by atoms with E-state index >= 15 is 0 Å². The maximum Gasteiger partial charge on any atom is 0.305 e. The Morgan fingerprint density at radius 2 is 2.00 bits per heavy atom. The normalized spacial score (nSPS) is 27.7. The molecule has 2 aliphatic carbocycles. The van der Waals surface area contributed by atoms with Gasteiger partial charge in [0.15, 0.2) is 0 Å². The molecule has 0 bridgehead atoms. The van der Waals surface area contributed by atoms with Crippen molar-refractivity contribution in [1.82, 2.24) is 0 Å². The smallest absolute Gasteiger partial charge is 0.305 e. The quantitative estimate of drug-likeness (QED) is 0.217. The highest BCUT2D eigenvalue weighted by atomic mass is 35.5. The SMILES string of the molecule is CCCC1(C(O)c2cccc(C3C(O)CC(Cl)C3CCCCCCC(=O)OC)c2)CCC1. The number of ether oxygens (including phenoxy) is 1. The number of alkyl halides is 1. The summed E-state index contributed by atoms with van der Waals surface area (Å²) in [5.41, 5.74) is 2.13. The molecule has 3 rings (SSSR count). The number of carbonyl (C=O) groups is 1.